The second-order valence-electron chi connectivity index (χ2n) is 2.35. The Balaban J connectivity index is 2.56. The normalized spacial score (nSPS) is 11.4. The summed E-state index contributed by atoms with van der Waals surface area (Å²) in [6.45, 7) is 0.0552. The molecule has 1 aromatic carbocycles. The first-order valence-corrected chi connectivity index (χ1v) is 5.19. The molecule has 3 nitrogen and oxygen atoms in total. The third-order valence-corrected chi connectivity index (χ3v) is 1.75. The van der Waals surface area contributed by atoms with Crippen molar-refractivity contribution < 1.29 is 12.6 Å². The number of rotatable bonds is 3. The van der Waals surface area contributed by atoms with Crippen molar-refractivity contribution >= 4 is 10.1 Å². The van der Waals surface area contributed by atoms with E-state index >= 15 is 0 Å². The molecule has 0 aliphatic rings. The minimum absolute atomic E-state index is 0.0552. The fraction of sp³-hybridized carbons (Fsp3) is 0.250. The molecule has 0 aromatic heterocycles. The van der Waals surface area contributed by atoms with Gasteiger partial charge in [-0.3, -0.25) is 4.18 Å². The molecule has 0 N–H and O–H groups in total. The molecule has 0 heterocycles. The van der Waals surface area contributed by atoms with Crippen LogP contribution in [0.2, 0.25) is 0 Å². The predicted molar refractivity (Wildman–Crippen MR) is 44.9 cm³/mol. The minimum Gasteiger partial charge on any atom is -0.265 e. The molecule has 1 aromatic rings. The van der Waals surface area contributed by atoms with Gasteiger partial charge in [-0.25, -0.2) is 0 Å². The molecule has 0 aliphatic heterocycles. The smallest absolute Gasteiger partial charge is 0.264 e. The lowest BCUT2D eigenvalue weighted by atomic mass is 10.2. The number of hydrogen-bond donors (Lipinski definition) is 0. The van der Waals surface area contributed by atoms with Gasteiger partial charge in [0, 0.05) is 0 Å². The molecule has 0 unspecified atom stereocenters. The van der Waals surface area contributed by atoms with Crippen LogP contribution in [-0.2, 0) is 20.9 Å². The van der Waals surface area contributed by atoms with Crippen molar-refractivity contribution in [2.45, 2.75) is 6.61 Å². The minimum atomic E-state index is -3.34. The summed E-state index contributed by atoms with van der Waals surface area (Å²) >= 11 is 0. The first-order valence-electron chi connectivity index (χ1n) is 3.38. The summed E-state index contributed by atoms with van der Waals surface area (Å²) in [4.78, 5) is 0. The summed E-state index contributed by atoms with van der Waals surface area (Å²) in [6, 6.07) is 9.93. The van der Waals surface area contributed by atoms with Crippen LogP contribution in [0.3, 0.4) is 0 Å². The van der Waals surface area contributed by atoms with Gasteiger partial charge in [-0.2, -0.15) is 8.42 Å². The van der Waals surface area contributed by atoms with Crippen LogP contribution >= 0.6 is 0 Å². The van der Waals surface area contributed by atoms with Crippen LogP contribution < -0.4 is 0 Å². The zero-order valence-corrected chi connectivity index (χ0v) is 7.47. The molecule has 65 valence electrons. The highest BCUT2D eigenvalue weighted by Crippen LogP contribution is 2.01. The maximum atomic E-state index is 10.6. The molecule has 0 fully saturated rings. The van der Waals surface area contributed by atoms with E-state index in [1.165, 1.54) is 0 Å². The third kappa shape index (κ3) is 3.50. The second-order valence-corrected chi connectivity index (χ2v) is 4.00. The quantitative estimate of drug-likeness (QED) is 0.659. The fourth-order valence-electron chi connectivity index (χ4n) is 0.691. The van der Waals surface area contributed by atoms with Gasteiger partial charge in [-0.05, 0) is 11.6 Å². The van der Waals surface area contributed by atoms with Gasteiger partial charge in [0.05, 0.1) is 12.9 Å². The van der Waals surface area contributed by atoms with Gasteiger partial charge in [0.2, 0.25) is 0 Å². The van der Waals surface area contributed by atoms with Crippen molar-refractivity contribution in [2.75, 3.05) is 6.26 Å². The van der Waals surface area contributed by atoms with Gasteiger partial charge in [-0.1, -0.05) is 24.3 Å². The van der Waals surface area contributed by atoms with Gasteiger partial charge in [0.15, 0.2) is 0 Å². The number of hydrogen-bond acceptors (Lipinski definition) is 3. The van der Waals surface area contributed by atoms with E-state index in [4.69, 9.17) is 0 Å². The van der Waals surface area contributed by atoms with E-state index in [-0.39, 0.29) is 6.61 Å². The molecular weight excluding hydrogens is 176 g/mol. The Morgan fingerprint density at radius 1 is 1.50 bits per heavy atom. The Morgan fingerprint density at radius 3 is 2.75 bits per heavy atom. The lowest BCUT2D eigenvalue weighted by Gasteiger charge is -1.99. The molecule has 0 saturated carbocycles. The summed E-state index contributed by atoms with van der Waals surface area (Å²) < 4.78 is 25.7. The van der Waals surface area contributed by atoms with Crippen LogP contribution in [0.15, 0.2) is 24.3 Å². The molecule has 0 amide bonds. The van der Waals surface area contributed by atoms with E-state index in [2.05, 4.69) is 10.2 Å². The summed E-state index contributed by atoms with van der Waals surface area (Å²) in [6.07, 6.45) is 1.02. The molecular formula is C8H9O3S. The largest absolute Gasteiger partial charge is 0.265 e. The second kappa shape index (κ2) is 3.69. The Kier molecular flexibility index (Phi) is 2.83. The molecule has 4 heteroatoms. The zero-order chi connectivity index (χ0) is 9.03. The van der Waals surface area contributed by atoms with Crippen LogP contribution in [-0.4, -0.2) is 14.7 Å². The van der Waals surface area contributed by atoms with E-state index in [1.807, 2.05) is 6.07 Å². The highest BCUT2D eigenvalue weighted by Gasteiger charge is 2.01. The van der Waals surface area contributed by atoms with E-state index in [1.54, 1.807) is 18.2 Å². The van der Waals surface area contributed by atoms with E-state index in [9.17, 15) is 8.42 Å². The molecule has 0 saturated heterocycles. The van der Waals surface area contributed by atoms with Gasteiger partial charge < -0.3 is 0 Å². The Labute approximate surface area is 72.1 Å². The molecule has 0 atom stereocenters. The summed E-state index contributed by atoms with van der Waals surface area (Å²) in [5.41, 5.74) is 0.725. The van der Waals surface area contributed by atoms with E-state index in [0.29, 0.717) is 0 Å². The Bertz CT molecular complexity index is 329. The molecule has 12 heavy (non-hydrogen) atoms. The maximum Gasteiger partial charge on any atom is 0.264 e. The Morgan fingerprint density at radius 2 is 2.25 bits per heavy atom. The summed E-state index contributed by atoms with van der Waals surface area (Å²) in [5.74, 6) is 0. The molecule has 0 spiro atoms. The lowest BCUT2D eigenvalue weighted by Crippen LogP contribution is -2.02. The van der Waals surface area contributed by atoms with Crippen molar-refractivity contribution in [3.05, 3.63) is 35.9 Å². The Hall–Kier alpha value is -0.870. The molecule has 1 rings (SSSR count). The van der Waals surface area contributed by atoms with Crippen LogP contribution in [0.1, 0.15) is 5.56 Å². The van der Waals surface area contributed by atoms with Crippen LogP contribution in [0, 0.1) is 6.07 Å². The lowest BCUT2D eigenvalue weighted by molar-refractivity contribution is 0.311. The van der Waals surface area contributed by atoms with Gasteiger partial charge in [0.1, 0.15) is 0 Å². The first-order chi connectivity index (χ1) is 5.58. The standard InChI is InChI=1S/C8H9O3S/c1-12(9,10)11-7-8-5-3-2-4-6-8/h2-5H,7H2,1H3. The average Bonchev–Trinajstić information content (AvgIpc) is 2.02. The fourth-order valence-corrected chi connectivity index (χ4v) is 1.03. The van der Waals surface area contributed by atoms with Crippen molar-refractivity contribution in [3.63, 3.8) is 0 Å². The molecule has 0 aliphatic carbocycles. The first kappa shape index (κ1) is 9.22. The SMILES string of the molecule is CS(=O)(=O)OCc1[c]cccc1. The topological polar surface area (TPSA) is 43.4 Å². The monoisotopic (exact) mass is 185 g/mol. The van der Waals surface area contributed by atoms with E-state index in [0.717, 1.165) is 11.8 Å². The van der Waals surface area contributed by atoms with Gasteiger partial charge in [0.25, 0.3) is 10.1 Å². The highest BCUT2D eigenvalue weighted by atomic mass is 32.2. The highest BCUT2D eigenvalue weighted by molar-refractivity contribution is 7.85. The third-order valence-electron chi connectivity index (χ3n) is 1.20. The van der Waals surface area contributed by atoms with Crippen LogP contribution in [0.5, 0.6) is 0 Å². The number of benzene rings is 1. The predicted octanol–water partition coefficient (Wildman–Crippen LogP) is 0.963. The van der Waals surface area contributed by atoms with E-state index < -0.39 is 10.1 Å². The van der Waals surface area contributed by atoms with Crippen molar-refractivity contribution in [1.29, 1.82) is 0 Å². The maximum absolute atomic E-state index is 10.6. The molecule has 0 bridgehead atoms. The van der Waals surface area contributed by atoms with Gasteiger partial charge >= 0.3 is 0 Å². The van der Waals surface area contributed by atoms with Crippen molar-refractivity contribution in [3.8, 4) is 0 Å². The summed E-state index contributed by atoms with van der Waals surface area (Å²) in [5, 5.41) is 0. The average molecular weight is 185 g/mol. The van der Waals surface area contributed by atoms with Gasteiger partial charge in [-0.15, -0.1) is 0 Å². The summed E-state index contributed by atoms with van der Waals surface area (Å²) in [7, 11) is -3.34. The molecule has 1 radical (unpaired) electrons. The van der Waals surface area contributed by atoms with Crippen LogP contribution in [0.4, 0.5) is 0 Å². The van der Waals surface area contributed by atoms with Crippen LogP contribution in [0.25, 0.3) is 0 Å². The van der Waals surface area contributed by atoms with Crippen molar-refractivity contribution in [1.82, 2.24) is 0 Å². The zero-order valence-electron chi connectivity index (χ0n) is 6.65. The van der Waals surface area contributed by atoms with Crippen molar-refractivity contribution in [2.24, 2.45) is 0 Å².